The third-order valence-electron chi connectivity index (χ3n) is 5.04. The molecule has 8 heteroatoms. The van der Waals surface area contributed by atoms with Crippen LogP contribution in [0.4, 0.5) is 0 Å². The standard InChI is InChI=1S/C20H21N5O.2ClH/c21-10-17-11-24(12-19(17)15-5-2-1-3-6-15)20(26)16-7-4-8-18(9-16)25-14-22-13-23-25;;/h1-9,13-14,17,19H,10-12,21H2;2*1H/t17-,19+;;/m1../s1. The normalized spacial score (nSPS) is 18.2. The Morgan fingerprint density at radius 2 is 1.86 bits per heavy atom. The summed E-state index contributed by atoms with van der Waals surface area (Å²) in [5, 5.41) is 4.13. The summed E-state index contributed by atoms with van der Waals surface area (Å²) in [6.45, 7) is 1.95. The maximum Gasteiger partial charge on any atom is 0.253 e. The first-order valence-electron chi connectivity index (χ1n) is 8.75. The quantitative estimate of drug-likeness (QED) is 0.704. The minimum atomic E-state index is 0. The molecule has 0 saturated carbocycles. The molecular weight excluding hydrogens is 397 g/mol. The van der Waals surface area contributed by atoms with Crippen molar-refractivity contribution in [1.82, 2.24) is 19.7 Å². The number of aromatic nitrogens is 3. The Hall–Kier alpha value is -2.41. The number of likely N-dealkylation sites (tertiary alicyclic amines) is 1. The zero-order valence-electron chi connectivity index (χ0n) is 15.2. The van der Waals surface area contributed by atoms with Crippen LogP contribution in [0, 0.1) is 5.92 Å². The van der Waals surface area contributed by atoms with E-state index < -0.39 is 0 Å². The van der Waals surface area contributed by atoms with Crippen LogP contribution in [0.5, 0.6) is 0 Å². The van der Waals surface area contributed by atoms with Gasteiger partial charge in [-0.25, -0.2) is 9.67 Å². The third kappa shape index (κ3) is 4.35. The fraction of sp³-hybridized carbons (Fsp3) is 0.250. The molecule has 28 heavy (non-hydrogen) atoms. The largest absolute Gasteiger partial charge is 0.338 e. The second kappa shape index (κ2) is 9.68. The molecule has 1 aromatic heterocycles. The monoisotopic (exact) mass is 419 g/mol. The molecule has 2 aromatic carbocycles. The predicted octanol–water partition coefficient (Wildman–Crippen LogP) is 2.93. The molecule has 2 atom stereocenters. The molecule has 4 rings (SSSR count). The highest BCUT2D eigenvalue weighted by molar-refractivity contribution is 5.95. The van der Waals surface area contributed by atoms with Gasteiger partial charge in [0.05, 0.1) is 5.69 Å². The number of halogens is 2. The van der Waals surface area contributed by atoms with Crippen molar-refractivity contribution in [2.45, 2.75) is 5.92 Å². The highest BCUT2D eigenvalue weighted by atomic mass is 35.5. The van der Waals surface area contributed by atoms with E-state index >= 15 is 0 Å². The second-order valence-electron chi connectivity index (χ2n) is 6.61. The summed E-state index contributed by atoms with van der Waals surface area (Å²) < 4.78 is 1.65. The van der Waals surface area contributed by atoms with Crippen molar-refractivity contribution in [2.75, 3.05) is 19.6 Å². The summed E-state index contributed by atoms with van der Waals surface area (Å²) >= 11 is 0. The summed E-state index contributed by atoms with van der Waals surface area (Å²) in [5.41, 5.74) is 8.72. The molecule has 0 bridgehead atoms. The Labute approximate surface area is 176 Å². The van der Waals surface area contributed by atoms with E-state index in [2.05, 4.69) is 22.2 Å². The van der Waals surface area contributed by atoms with Crippen LogP contribution in [0.3, 0.4) is 0 Å². The molecule has 1 aliphatic rings. The summed E-state index contributed by atoms with van der Waals surface area (Å²) in [7, 11) is 0. The first-order chi connectivity index (χ1) is 12.8. The maximum atomic E-state index is 13.0. The van der Waals surface area contributed by atoms with E-state index in [1.165, 1.54) is 11.9 Å². The number of hydrogen-bond acceptors (Lipinski definition) is 4. The fourth-order valence-corrected chi connectivity index (χ4v) is 3.66. The Morgan fingerprint density at radius 1 is 1.07 bits per heavy atom. The average Bonchev–Trinajstić information content (AvgIpc) is 3.38. The van der Waals surface area contributed by atoms with E-state index in [4.69, 9.17) is 5.73 Å². The second-order valence-corrected chi connectivity index (χ2v) is 6.61. The van der Waals surface area contributed by atoms with Crippen LogP contribution in [-0.4, -0.2) is 45.2 Å². The van der Waals surface area contributed by atoms with Gasteiger partial charge < -0.3 is 10.6 Å². The van der Waals surface area contributed by atoms with Crippen molar-refractivity contribution in [2.24, 2.45) is 11.7 Å². The zero-order valence-corrected chi connectivity index (χ0v) is 16.9. The average molecular weight is 420 g/mol. The molecule has 1 aliphatic heterocycles. The van der Waals surface area contributed by atoms with Crippen molar-refractivity contribution in [1.29, 1.82) is 0 Å². The highest BCUT2D eigenvalue weighted by Crippen LogP contribution is 2.32. The Kier molecular flexibility index (Phi) is 7.57. The summed E-state index contributed by atoms with van der Waals surface area (Å²) in [4.78, 5) is 18.9. The van der Waals surface area contributed by atoms with Crippen molar-refractivity contribution < 1.29 is 4.79 Å². The van der Waals surface area contributed by atoms with Gasteiger partial charge in [0, 0.05) is 24.6 Å². The number of nitrogens with two attached hydrogens (primary N) is 1. The lowest BCUT2D eigenvalue weighted by atomic mass is 9.89. The van der Waals surface area contributed by atoms with E-state index in [9.17, 15) is 4.79 Å². The summed E-state index contributed by atoms with van der Waals surface area (Å²) in [5.74, 6) is 0.590. The maximum absolute atomic E-state index is 13.0. The van der Waals surface area contributed by atoms with Gasteiger partial charge in [-0.05, 0) is 36.2 Å². The first kappa shape index (κ1) is 21.9. The fourth-order valence-electron chi connectivity index (χ4n) is 3.66. The highest BCUT2D eigenvalue weighted by Gasteiger charge is 2.35. The summed E-state index contributed by atoms with van der Waals surface area (Å²) in [6, 6.07) is 17.8. The van der Waals surface area contributed by atoms with Crippen LogP contribution < -0.4 is 5.73 Å². The van der Waals surface area contributed by atoms with Gasteiger partial charge in [-0.1, -0.05) is 36.4 Å². The van der Waals surface area contributed by atoms with Gasteiger partial charge in [0.1, 0.15) is 12.7 Å². The number of carbonyl (C=O) groups is 1. The molecule has 2 heterocycles. The number of carbonyl (C=O) groups excluding carboxylic acids is 1. The van der Waals surface area contributed by atoms with Gasteiger partial charge in [0.2, 0.25) is 0 Å². The van der Waals surface area contributed by atoms with E-state index in [1.807, 2.05) is 47.4 Å². The van der Waals surface area contributed by atoms with Crippen molar-refractivity contribution in [3.63, 3.8) is 0 Å². The molecule has 148 valence electrons. The molecule has 3 aromatic rings. The van der Waals surface area contributed by atoms with E-state index in [1.54, 1.807) is 11.0 Å². The Balaban J connectivity index is 0.00000140. The van der Waals surface area contributed by atoms with Gasteiger partial charge in [0.25, 0.3) is 5.91 Å². The Morgan fingerprint density at radius 3 is 2.54 bits per heavy atom. The molecule has 0 spiro atoms. The number of rotatable bonds is 4. The number of hydrogen-bond donors (Lipinski definition) is 1. The first-order valence-corrected chi connectivity index (χ1v) is 8.75. The number of amides is 1. The van der Waals surface area contributed by atoms with Crippen LogP contribution >= 0.6 is 24.8 Å². The van der Waals surface area contributed by atoms with E-state index in [0.29, 0.717) is 25.2 Å². The molecule has 1 amide bonds. The minimum absolute atomic E-state index is 0. The third-order valence-corrected chi connectivity index (χ3v) is 5.04. The smallest absolute Gasteiger partial charge is 0.253 e. The lowest BCUT2D eigenvalue weighted by Gasteiger charge is -2.17. The lowest BCUT2D eigenvalue weighted by Crippen LogP contribution is -2.29. The van der Waals surface area contributed by atoms with Crippen LogP contribution in [0.25, 0.3) is 5.69 Å². The molecule has 0 radical (unpaired) electrons. The molecule has 6 nitrogen and oxygen atoms in total. The molecular formula is C20H23Cl2N5O. The van der Waals surface area contributed by atoms with Gasteiger partial charge >= 0.3 is 0 Å². The lowest BCUT2D eigenvalue weighted by molar-refractivity contribution is 0.0786. The molecule has 0 aliphatic carbocycles. The molecule has 1 saturated heterocycles. The minimum Gasteiger partial charge on any atom is -0.338 e. The van der Waals surface area contributed by atoms with Crippen LogP contribution in [0.2, 0.25) is 0 Å². The van der Waals surface area contributed by atoms with Crippen LogP contribution in [0.1, 0.15) is 21.8 Å². The van der Waals surface area contributed by atoms with E-state index in [0.717, 1.165) is 5.69 Å². The van der Waals surface area contributed by atoms with Crippen molar-refractivity contribution >= 4 is 30.7 Å². The predicted molar refractivity (Wildman–Crippen MR) is 113 cm³/mol. The summed E-state index contributed by atoms with van der Waals surface area (Å²) in [6.07, 6.45) is 3.10. The SMILES string of the molecule is Cl.Cl.NC[C@@H]1CN(C(=O)c2cccc(-n3cncn3)c2)C[C@H]1c1ccccc1. The topological polar surface area (TPSA) is 77.0 Å². The molecule has 2 N–H and O–H groups in total. The number of nitrogens with zero attached hydrogens (tertiary/aromatic N) is 4. The zero-order chi connectivity index (χ0) is 17.9. The van der Waals surface area contributed by atoms with Gasteiger partial charge in [-0.3, -0.25) is 4.79 Å². The van der Waals surface area contributed by atoms with Crippen molar-refractivity contribution in [3.05, 3.63) is 78.4 Å². The van der Waals surface area contributed by atoms with E-state index in [-0.39, 0.29) is 42.6 Å². The Bertz CT molecular complexity index is 889. The van der Waals surface area contributed by atoms with Crippen LogP contribution in [-0.2, 0) is 0 Å². The van der Waals surface area contributed by atoms with Crippen molar-refractivity contribution in [3.8, 4) is 5.69 Å². The molecule has 1 fully saturated rings. The van der Waals surface area contributed by atoms with Gasteiger partial charge in [-0.2, -0.15) is 5.10 Å². The van der Waals surface area contributed by atoms with Gasteiger partial charge in [0.15, 0.2) is 0 Å². The number of benzene rings is 2. The van der Waals surface area contributed by atoms with Gasteiger partial charge in [-0.15, -0.1) is 24.8 Å². The van der Waals surface area contributed by atoms with Crippen LogP contribution in [0.15, 0.2) is 67.3 Å². The molecule has 0 unspecified atom stereocenters.